The van der Waals surface area contributed by atoms with E-state index in [0.29, 0.717) is 31.1 Å². The summed E-state index contributed by atoms with van der Waals surface area (Å²) in [4.78, 5) is 19.9. The number of pyridine rings is 1. The number of aryl methyl sites for hydroxylation is 2. The lowest BCUT2D eigenvalue weighted by Crippen LogP contribution is -2.64. The number of benzene rings is 1. The van der Waals surface area contributed by atoms with E-state index < -0.39 is 5.41 Å². The van der Waals surface area contributed by atoms with E-state index >= 15 is 0 Å². The monoisotopic (exact) mass is 409 g/mol. The van der Waals surface area contributed by atoms with Crippen LogP contribution in [0.15, 0.2) is 48.7 Å². The van der Waals surface area contributed by atoms with Crippen molar-refractivity contribution >= 4 is 23.3 Å². The average Bonchev–Trinajstić information content (AvgIpc) is 3.02. The Morgan fingerprint density at radius 3 is 2.59 bits per heavy atom. The van der Waals surface area contributed by atoms with Crippen LogP contribution in [-0.4, -0.2) is 34.2 Å². The van der Waals surface area contributed by atoms with Crippen LogP contribution in [0, 0.1) is 19.3 Å². The third-order valence-corrected chi connectivity index (χ3v) is 5.86. The molecule has 1 aromatic carbocycles. The fourth-order valence-corrected chi connectivity index (χ4v) is 4.03. The molecule has 29 heavy (non-hydrogen) atoms. The predicted molar refractivity (Wildman–Crippen MR) is 114 cm³/mol. The first kappa shape index (κ1) is 19.5. The Hall–Kier alpha value is -2.86. The molecule has 0 saturated carbocycles. The third kappa shape index (κ3) is 3.98. The minimum Gasteiger partial charge on any atom is -0.354 e. The molecular formula is C22H24ClN5O. The van der Waals surface area contributed by atoms with Crippen LogP contribution in [0.4, 0.5) is 5.82 Å². The minimum atomic E-state index is -0.503. The maximum absolute atomic E-state index is 13.3. The van der Waals surface area contributed by atoms with Gasteiger partial charge in [-0.05, 0) is 50.1 Å². The van der Waals surface area contributed by atoms with Gasteiger partial charge in [-0.2, -0.15) is 5.10 Å². The SMILES string of the molecule is Cc1n[nH]c(C)c1CNC(=O)C1(Cc2ccc(Cl)cc2)CN(c2ccccn2)C1. The number of hydrogen-bond donors (Lipinski definition) is 2. The highest BCUT2D eigenvalue weighted by atomic mass is 35.5. The number of halogens is 1. The molecule has 1 aliphatic rings. The summed E-state index contributed by atoms with van der Waals surface area (Å²) in [5, 5.41) is 11.0. The number of nitrogens with zero attached hydrogens (tertiary/aromatic N) is 3. The van der Waals surface area contributed by atoms with E-state index in [2.05, 4.69) is 25.4 Å². The second-order valence-electron chi connectivity index (χ2n) is 7.72. The number of carbonyl (C=O) groups excluding carboxylic acids is 1. The largest absolute Gasteiger partial charge is 0.354 e. The van der Waals surface area contributed by atoms with Crippen LogP contribution in [0.25, 0.3) is 0 Å². The molecule has 2 N–H and O–H groups in total. The van der Waals surface area contributed by atoms with Gasteiger partial charge in [-0.3, -0.25) is 9.89 Å². The number of nitrogens with one attached hydrogen (secondary N) is 2. The smallest absolute Gasteiger partial charge is 0.230 e. The number of amides is 1. The first-order chi connectivity index (χ1) is 14.0. The molecule has 4 rings (SSSR count). The molecule has 1 amide bonds. The van der Waals surface area contributed by atoms with Crippen molar-refractivity contribution in [2.45, 2.75) is 26.8 Å². The highest BCUT2D eigenvalue weighted by molar-refractivity contribution is 6.30. The van der Waals surface area contributed by atoms with Crippen molar-refractivity contribution in [1.29, 1.82) is 0 Å². The molecule has 0 spiro atoms. The fourth-order valence-electron chi connectivity index (χ4n) is 3.91. The van der Waals surface area contributed by atoms with Crippen LogP contribution in [0.5, 0.6) is 0 Å². The lowest BCUT2D eigenvalue weighted by molar-refractivity contribution is -0.132. The van der Waals surface area contributed by atoms with Crippen molar-refractivity contribution in [3.63, 3.8) is 0 Å². The zero-order valence-electron chi connectivity index (χ0n) is 16.6. The van der Waals surface area contributed by atoms with E-state index in [0.717, 1.165) is 28.3 Å². The Balaban J connectivity index is 1.52. The second-order valence-corrected chi connectivity index (χ2v) is 8.16. The Kier molecular flexibility index (Phi) is 5.28. The van der Waals surface area contributed by atoms with Crippen LogP contribution in [0.1, 0.15) is 22.5 Å². The molecular weight excluding hydrogens is 386 g/mol. The van der Waals surface area contributed by atoms with Crippen LogP contribution in [0.3, 0.4) is 0 Å². The van der Waals surface area contributed by atoms with Gasteiger partial charge in [-0.25, -0.2) is 4.98 Å². The highest BCUT2D eigenvalue weighted by Crippen LogP contribution is 2.37. The molecule has 0 unspecified atom stereocenters. The van der Waals surface area contributed by atoms with Gasteiger partial charge in [0.15, 0.2) is 0 Å². The molecule has 3 heterocycles. The summed E-state index contributed by atoms with van der Waals surface area (Å²) >= 11 is 6.03. The van der Waals surface area contributed by atoms with Gasteiger partial charge in [0.1, 0.15) is 5.82 Å². The number of H-pyrrole nitrogens is 1. The molecule has 0 bridgehead atoms. The number of aromatic nitrogens is 3. The quantitative estimate of drug-likeness (QED) is 0.654. The van der Waals surface area contributed by atoms with Gasteiger partial charge in [-0.15, -0.1) is 0 Å². The minimum absolute atomic E-state index is 0.0552. The van der Waals surface area contributed by atoms with Crippen molar-refractivity contribution < 1.29 is 4.79 Å². The van der Waals surface area contributed by atoms with Gasteiger partial charge in [-0.1, -0.05) is 29.8 Å². The Morgan fingerprint density at radius 2 is 1.97 bits per heavy atom. The van der Waals surface area contributed by atoms with Gasteiger partial charge in [0.2, 0.25) is 5.91 Å². The van der Waals surface area contributed by atoms with E-state index in [1.54, 1.807) is 6.20 Å². The molecule has 6 nitrogen and oxygen atoms in total. The van der Waals surface area contributed by atoms with Crippen molar-refractivity contribution in [3.05, 3.63) is 76.2 Å². The summed E-state index contributed by atoms with van der Waals surface area (Å²) in [5.74, 6) is 0.952. The molecule has 150 valence electrons. The highest BCUT2D eigenvalue weighted by Gasteiger charge is 2.49. The van der Waals surface area contributed by atoms with Crippen molar-refractivity contribution in [2.24, 2.45) is 5.41 Å². The first-order valence-electron chi connectivity index (χ1n) is 9.66. The molecule has 2 aromatic heterocycles. The lowest BCUT2D eigenvalue weighted by Gasteiger charge is -2.49. The number of aromatic amines is 1. The van der Waals surface area contributed by atoms with Gasteiger partial charge in [0, 0.05) is 42.1 Å². The van der Waals surface area contributed by atoms with Crippen LogP contribution in [-0.2, 0) is 17.8 Å². The van der Waals surface area contributed by atoms with Crippen molar-refractivity contribution in [1.82, 2.24) is 20.5 Å². The molecule has 7 heteroatoms. The molecule has 0 atom stereocenters. The number of carbonyl (C=O) groups is 1. The van der Waals surface area contributed by atoms with Crippen LogP contribution in [0.2, 0.25) is 5.02 Å². The standard InChI is InChI=1S/C22H24ClN5O/c1-15-19(16(2)27-26-15)12-25-21(29)22(11-17-6-8-18(23)9-7-17)13-28(14-22)20-5-3-4-10-24-20/h3-10H,11-14H2,1-2H3,(H,25,29)(H,26,27). The Labute approximate surface area is 175 Å². The summed E-state index contributed by atoms with van der Waals surface area (Å²) in [5.41, 5.74) is 3.54. The molecule has 1 aliphatic heterocycles. The van der Waals surface area contributed by atoms with Gasteiger partial charge >= 0.3 is 0 Å². The van der Waals surface area contributed by atoms with Crippen LogP contribution >= 0.6 is 11.6 Å². The summed E-state index contributed by atoms with van der Waals surface area (Å²) in [6, 6.07) is 13.6. The zero-order valence-corrected chi connectivity index (χ0v) is 17.3. The number of anilines is 1. The Bertz CT molecular complexity index is 974. The molecule has 1 saturated heterocycles. The maximum atomic E-state index is 13.3. The normalized spacial score (nSPS) is 15.1. The van der Waals surface area contributed by atoms with E-state index in [4.69, 9.17) is 11.6 Å². The molecule has 3 aromatic rings. The van der Waals surface area contributed by atoms with Gasteiger partial charge in [0.05, 0.1) is 11.1 Å². The van der Waals surface area contributed by atoms with Gasteiger partial charge < -0.3 is 10.2 Å². The molecule has 0 aliphatic carbocycles. The van der Waals surface area contributed by atoms with Gasteiger partial charge in [0.25, 0.3) is 0 Å². The third-order valence-electron chi connectivity index (χ3n) is 5.60. The predicted octanol–water partition coefficient (Wildman–Crippen LogP) is 3.44. The summed E-state index contributed by atoms with van der Waals surface area (Å²) < 4.78 is 0. The van der Waals surface area contributed by atoms with E-state index in [-0.39, 0.29) is 5.91 Å². The fraction of sp³-hybridized carbons (Fsp3) is 0.318. The zero-order chi connectivity index (χ0) is 20.4. The van der Waals surface area contributed by atoms with Crippen molar-refractivity contribution in [3.8, 4) is 0 Å². The number of hydrogen-bond acceptors (Lipinski definition) is 4. The van der Waals surface area contributed by atoms with E-state index in [1.165, 1.54) is 0 Å². The van der Waals surface area contributed by atoms with E-state index in [9.17, 15) is 4.79 Å². The summed E-state index contributed by atoms with van der Waals surface area (Å²) in [7, 11) is 0. The molecule has 1 fully saturated rings. The average molecular weight is 410 g/mol. The summed E-state index contributed by atoms with van der Waals surface area (Å²) in [6.07, 6.45) is 2.43. The first-order valence-corrected chi connectivity index (χ1v) is 10.0. The Morgan fingerprint density at radius 1 is 1.21 bits per heavy atom. The van der Waals surface area contributed by atoms with Crippen molar-refractivity contribution in [2.75, 3.05) is 18.0 Å². The number of rotatable bonds is 6. The summed E-state index contributed by atoms with van der Waals surface area (Å²) in [6.45, 7) is 5.64. The van der Waals surface area contributed by atoms with E-state index in [1.807, 2.05) is 56.3 Å². The topological polar surface area (TPSA) is 73.9 Å². The van der Waals surface area contributed by atoms with Crippen LogP contribution < -0.4 is 10.2 Å². The maximum Gasteiger partial charge on any atom is 0.230 e. The lowest BCUT2D eigenvalue weighted by atomic mass is 9.73. The molecule has 0 radical (unpaired) electrons. The second kappa shape index (κ2) is 7.87.